The average Bonchev–Trinajstić information content (AvgIpc) is 2.37. The Morgan fingerprint density at radius 3 is 2.72 bits per heavy atom. The number of benzene rings is 1. The van der Waals surface area contributed by atoms with Gasteiger partial charge in [0.25, 0.3) is 0 Å². The zero-order valence-electron chi connectivity index (χ0n) is 11.3. The molecule has 1 aliphatic rings. The van der Waals surface area contributed by atoms with Crippen LogP contribution in [0.15, 0.2) is 24.3 Å². The zero-order chi connectivity index (χ0) is 12.8. The third-order valence-electron chi connectivity index (χ3n) is 4.05. The van der Waals surface area contributed by atoms with E-state index in [0.29, 0.717) is 0 Å². The average molecular weight is 249 g/mol. The summed E-state index contributed by atoms with van der Waals surface area (Å²) in [5, 5.41) is 3.52. The van der Waals surface area contributed by atoms with Gasteiger partial charge in [-0.15, -0.1) is 0 Å². The maximum atomic E-state index is 13.0. The van der Waals surface area contributed by atoms with Crippen molar-refractivity contribution >= 4 is 0 Å². The SMILES string of the molecule is CC1CCC(CNCCc2cccc(F)c2)CC1. The molecule has 0 spiro atoms. The second-order valence-electron chi connectivity index (χ2n) is 5.71. The van der Waals surface area contributed by atoms with Gasteiger partial charge in [0, 0.05) is 0 Å². The Bertz CT molecular complexity index is 356. The first-order valence-corrected chi connectivity index (χ1v) is 7.19. The maximum absolute atomic E-state index is 13.0. The van der Waals surface area contributed by atoms with E-state index in [4.69, 9.17) is 0 Å². The van der Waals surface area contributed by atoms with Crippen LogP contribution in [0.2, 0.25) is 0 Å². The van der Waals surface area contributed by atoms with Crippen LogP contribution in [-0.4, -0.2) is 13.1 Å². The molecule has 0 unspecified atom stereocenters. The summed E-state index contributed by atoms with van der Waals surface area (Å²) in [4.78, 5) is 0. The van der Waals surface area contributed by atoms with Gasteiger partial charge in [-0.1, -0.05) is 31.9 Å². The van der Waals surface area contributed by atoms with Crippen LogP contribution in [0.1, 0.15) is 38.2 Å². The molecule has 1 nitrogen and oxygen atoms in total. The lowest BCUT2D eigenvalue weighted by Gasteiger charge is -2.26. The lowest BCUT2D eigenvalue weighted by molar-refractivity contribution is 0.282. The molecule has 0 radical (unpaired) electrons. The van der Waals surface area contributed by atoms with Crippen LogP contribution in [0, 0.1) is 17.7 Å². The molecule has 1 aliphatic carbocycles. The van der Waals surface area contributed by atoms with Crippen molar-refractivity contribution in [3.8, 4) is 0 Å². The van der Waals surface area contributed by atoms with Gasteiger partial charge in [0.1, 0.15) is 5.82 Å². The molecule has 18 heavy (non-hydrogen) atoms. The third-order valence-corrected chi connectivity index (χ3v) is 4.05. The Hall–Kier alpha value is -0.890. The molecular formula is C16H24FN. The van der Waals surface area contributed by atoms with E-state index in [-0.39, 0.29) is 5.82 Å². The molecule has 0 aliphatic heterocycles. The van der Waals surface area contributed by atoms with E-state index in [2.05, 4.69) is 12.2 Å². The highest BCUT2D eigenvalue weighted by atomic mass is 19.1. The predicted molar refractivity (Wildman–Crippen MR) is 74.1 cm³/mol. The summed E-state index contributed by atoms with van der Waals surface area (Å²) >= 11 is 0. The monoisotopic (exact) mass is 249 g/mol. The van der Waals surface area contributed by atoms with Gasteiger partial charge in [-0.25, -0.2) is 4.39 Å². The summed E-state index contributed by atoms with van der Waals surface area (Å²) < 4.78 is 13.0. The van der Waals surface area contributed by atoms with E-state index in [0.717, 1.165) is 36.9 Å². The fourth-order valence-electron chi connectivity index (χ4n) is 2.76. The number of halogens is 1. The van der Waals surface area contributed by atoms with Gasteiger partial charge in [0.05, 0.1) is 0 Å². The van der Waals surface area contributed by atoms with Gasteiger partial charge in [0.2, 0.25) is 0 Å². The molecule has 0 aromatic heterocycles. The quantitative estimate of drug-likeness (QED) is 0.783. The fraction of sp³-hybridized carbons (Fsp3) is 0.625. The minimum absolute atomic E-state index is 0.131. The predicted octanol–water partition coefficient (Wildman–Crippen LogP) is 3.78. The van der Waals surface area contributed by atoms with Crippen molar-refractivity contribution in [3.63, 3.8) is 0 Å². The van der Waals surface area contributed by atoms with Crippen molar-refractivity contribution < 1.29 is 4.39 Å². The molecule has 100 valence electrons. The Balaban J connectivity index is 1.61. The second kappa shape index (κ2) is 6.89. The third kappa shape index (κ3) is 4.41. The first-order valence-electron chi connectivity index (χ1n) is 7.19. The molecule has 1 saturated carbocycles. The van der Waals surface area contributed by atoms with Gasteiger partial charge >= 0.3 is 0 Å². The van der Waals surface area contributed by atoms with E-state index in [1.54, 1.807) is 12.1 Å². The second-order valence-corrected chi connectivity index (χ2v) is 5.71. The Morgan fingerprint density at radius 2 is 2.00 bits per heavy atom. The normalized spacial score (nSPS) is 24.1. The van der Waals surface area contributed by atoms with Gasteiger partial charge in [0.15, 0.2) is 0 Å². The van der Waals surface area contributed by atoms with E-state index in [9.17, 15) is 4.39 Å². The first-order chi connectivity index (χ1) is 8.74. The summed E-state index contributed by atoms with van der Waals surface area (Å²) in [6.07, 6.45) is 6.43. The van der Waals surface area contributed by atoms with Crippen molar-refractivity contribution in [2.24, 2.45) is 11.8 Å². The highest BCUT2D eigenvalue weighted by Crippen LogP contribution is 2.27. The van der Waals surface area contributed by atoms with Gasteiger partial charge in [-0.2, -0.15) is 0 Å². The van der Waals surface area contributed by atoms with Crippen LogP contribution >= 0.6 is 0 Å². The number of hydrogen-bond donors (Lipinski definition) is 1. The number of hydrogen-bond acceptors (Lipinski definition) is 1. The van der Waals surface area contributed by atoms with Crippen LogP contribution in [-0.2, 0) is 6.42 Å². The Morgan fingerprint density at radius 1 is 1.22 bits per heavy atom. The largest absolute Gasteiger partial charge is 0.316 e. The Labute approximate surface area is 110 Å². The van der Waals surface area contributed by atoms with Crippen molar-refractivity contribution in [2.45, 2.75) is 39.0 Å². The zero-order valence-corrected chi connectivity index (χ0v) is 11.3. The minimum atomic E-state index is -0.131. The Kier molecular flexibility index (Phi) is 5.18. The molecule has 0 amide bonds. The molecule has 2 heteroatoms. The molecule has 1 aromatic rings. The molecule has 0 bridgehead atoms. The maximum Gasteiger partial charge on any atom is 0.123 e. The molecule has 2 rings (SSSR count). The van der Waals surface area contributed by atoms with Crippen molar-refractivity contribution in [2.75, 3.05) is 13.1 Å². The summed E-state index contributed by atoms with van der Waals surface area (Å²) in [6.45, 7) is 4.44. The topological polar surface area (TPSA) is 12.0 Å². The van der Waals surface area contributed by atoms with Gasteiger partial charge < -0.3 is 5.32 Å². The minimum Gasteiger partial charge on any atom is -0.316 e. The van der Waals surface area contributed by atoms with Crippen LogP contribution in [0.5, 0.6) is 0 Å². The lowest BCUT2D eigenvalue weighted by atomic mass is 9.83. The molecule has 1 N–H and O–H groups in total. The van der Waals surface area contributed by atoms with Crippen LogP contribution in [0.3, 0.4) is 0 Å². The smallest absolute Gasteiger partial charge is 0.123 e. The summed E-state index contributed by atoms with van der Waals surface area (Å²) in [7, 11) is 0. The highest BCUT2D eigenvalue weighted by molar-refractivity contribution is 5.16. The molecule has 0 atom stereocenters. The molecule has 1 fully saturated rings. The summed E-state index contributed by atoms with van der Waals surface area (Å²) in [5.74, 6) is 1.65. The summed E-state index contributed by atoms with van der Waals surface area (Å²) in [5.41, 5.74) is 1.08. The van der Waals surface area contributed by atoms with Crippen LogP contribution in [0.4, 0.5) is 4.39 Å². The van der Waals surface area contributed by atoms with Crippen LogP contribution < -0.4 is 5.32 Å². The number of rotatable bonds is 5. The van der Waals surface area contributed by atoms with E-state index >= 15 is 0 Å². The first kappa shape index (κ1) is 13.5. The van der Waals surface area contributed by atoms with E-state index < -0.39 is 0 Å². The summed E-state index contributed by atoms with van der Waals surface area (Å²) in [6, 6.07) is 6.91. The van der Waals surface area contributed by atoms with Crippen molar-refractivity contribution in [1.82, 2.24) is 5.32 Å². The van der Waals surface area contributed by atoms with Crippen molar-refractivity contribution in [1.29, 1.82) is 0 Å². The van der Waals surface area contributed by atoms with E-state index in [1.165, 1.54) is 31.7 Å². The van der Waals surface area contributed by atoms with Crippen LogP contribution in [0.25, 0.3) is 0 Å². The standard InChI is InChI=1S/C16H24FN/c1-13-5-7-15(8-6-13)12-18-10-9-14-3-2-4-16(17)11-14/h2-4,11,13,15,18H,5-10,12H2,1H3. The lowest BCUT2D eigenvalue weighted by Crippen LogP contribution is -2.27. The fourth-order valence-corrected chi connectivity index (χ4v) is 2.76. The highest BCUT2D eigenvalue weighted by Gasteiger charge is 2.17. The van der Waals surface area contributed by atoms with Gasteiger partial charge in [-0.05, 0) is 61.9 Å². The van der Waals surface area contributed by atoms with Gasteiger partial charge in [-0.3, -0.25) is 0 Å². The molecule has 0 heterocycles. The van der Waals surface area contributed by atoms with E-state index in [1.807, 2.05) is 6.07 Å². The number of nitrogens with one attached hydrogen (secondary N) is 1. The molecular weight excluding hydrogens is 225 g/mol. The van der Waals surface area contributed by atoms with Crippen molar-refractivity contribution in [3.05, 3.63) is 35.6 Å². The molecule has 0 saturated heterocycles. The molecule has 1 aromatic carbocycles.